The minimum absolute atomic E-state index is 0.135. The normalized spacial score (nSPS) is 23.9. The molecule has 0 amide bonds. The molecule has 0 N–H and O–H groups in total. The van der Waals surface area contributed by atoms with Gasteiger partial charge in [-0.2, -0.15) is 5.26 Å². The van der Waals surface area contributed by atoms with Crippen LogP contribution in [0.3, 0.4) is 0 Å². The van der Waals surface area contributed by atoms with Gasteiger partial charge >= 0.3 is 0 Å². The van der Waals surface area contributed by atoms with Gasteiger partial charge < -0.3 is 9.47 Å². The van der Waals surface area contributed by atoms with Crippen molar-refractivity contribution in [3.05, 3.63) is 35.9 Å². The van der Waals surface area contributed by atoms with Crippen molar-refractivity contribution in [2.45, 2.75) is 25.0 Å². The maximum absolute atomic E-state index is 9.54. The molecule has 5 heteroatoms. The first-order valence-electron chi connectivity index (χ1n) is 8.97. The van der Waals surface area contributed by atoms with Gasteiger partial charge in [0.1, 0.15) is 6.04 Å². The van der Waals surface area contributed by atoms with Gasteiger partial charge in [0.05, 0.1) is 25.4 Å². The lowest BCUT2D eigenvalue weighted by atomic mass is 10.1. The number of hydrogen-bond donors (Lipinski definition) is 0. The highest BCUT2D eigenvalue weighted by atomic mass is 16.5. The van der Waals surface area contributed by atoms with Gasteiger partial charge in [-0.15, -0.1) is 0 Å². The molecule has 0 bridgehead atoms. The molecular weight excluding hydrogens is 302 g/mol. The molecule has 2 fully saturated rings. The Labute approximate surface area is 144 Å². The van der Waals surface area contributed by atoms with E-state index in [4.69, 9.17) is 9.47 Å². The van der Waals surface area contributed by atoms with Gasteiger partial charge in [0.15, 0.2) is 0 Å². The Balaban J connectivity index is 1.36. The summed E-state index contributed by atoms with van der Waals surface area (Å²) in [5, 5.41) is 9.54. The molecule has 0 unspecified atom stereocenters. The number of nitriles is 1. The zero-order valence-electron chi connectivity index (χ0n) is 14.3. The largest absolute Gasteiger partial charge is 0.377 e. The topological polar surface area (TPSA) is 48.7 Å². The van der Waals surface area contributed by atoms with Crippen molar-refractivity contribution in [3.63, 3.8) is 0 Å². The molecule has 0 spiro atoms. The molecule has 2 aliphatic heterocycles. The molecule has 2 saturated heterocycles. The first-order valence-corrected chi connectivity index (χ1v) is 8.97. The van der Waals surface area contributed by atoms with Crippen LogP contribution in [-0.2, 0) is 9.47 Å². The van der Waals surface area contributed by atoms with Gasteiger partial charge in [-0.05, 0) is 18.4 Å². The molecule has 3 rings (SSSR count). The van der Waals surface area contributed by atoms with Crippen molar-refractivity contribution >= 4 is 0 Å². The van der Waals surface area contributed by atoms with Crippen molar-refractivity contribution in [2.75, 3.05) is 52.5 Å². The molecular formula is C19H27N3O2. The third-order valence-corrected chi connectivity index (χ3v) is 4.89. The van der Waals surface area contributed by atoms with E-state index in [1.54, 1.807) is 0 Å². The first kappa shape index (κ1) is 17.4. The Morgan fingerprint density at radius 3 is 2.67 bits per heavy atom. The first-order chi connectivity index (χ1) is 11.9. The molecule has 0 aromatic heterocycles. The van der Waals surface area contributed by atoms with E-state index in [-0.39, 0.29) is 6.04 Å². The van der Waals surface area contributed by atoms with E-state index >= 15 is 0 Å². The van der Waals surface area contributed by atoms with Crippen LogP contribution in [0.2, 0.25) is 0 Å². The molecule has 2 atom stereocenters. The van der Waals surface area contributed by atoms with Crippen molar-refractivity contribution in [1.82, 2.24) is 9.80 Å². The zero-order chi connectivity index (χ0) is 16.6. The predicted molar refractivity (Wildman–Crippen MR) is 92.6 cm³/mol. The SMILES string of the molecule is N#C[C@H](c1ccccc1)N1CCN(CCOC[C@@H]2CCCO2)CC1. The summed E-state index contributed by atoms with van der Waals surface area (Å²) >= 11 is 0. The molecule has 1 aromatic rings. The van der Waals surface area contributed by atoms with Crippen LogP contribution >= 0.6 is 0 Å². The summed E-state index contributed by atoms with van der Waals surface area (Å²) in [7, 11) is 0. The van der Waals surface area contributed by atoms with E-state index in [2.05, 4.69) is 15.9 Å². The van der Waals surface area contributed by atoms with Crippen molar-refractivity contribution in [2.24, 2.45) is 0 Å². The molecule has 0 saturated carbocycles. The van der Waals surface area contributed by atoms with Crippen LogP contribution in [0.15, 0.2) is 30.3 Å². The fraction of sp³-hybridized carbons (Fsp3) is 0.632. The maximum atomic E-state index is 9.54. The number of benzene rings is 1. The van der Waals surface area contributed by atoms with E-state index < -0.39 is 0 Å². The van der Waals surface area contributed by atoms with Crippen LogP contribution in [-0.4, -0.2) is 68.4 Å². The summed E-state index contributed by atoms with van der Waals surface area (Å²) in [6.07, 6.45) is 2.61. The van der Waals surface area contributed by atoms with Gasteiger partial charge in [0.2, 0.25) is 0 Å². The van der Waals surface area contributed by atoms with Crippen LogP contribution in [0.4, 0.5) is 0 Å². The van der Waals surface area contributed by atoms with Crippen LogP contribution in [0.25, 0.3) is 0 Å². The third-order valence-electron chi connectivity index (χ3n) is 4.89. The van der Waals surface area contributed by atoms with E-state index in [1.165, 1.54) is 0 Å². The summed E-state index contributed by atoms with van der Waals surface area (Å²) in [5.74, 6) is 0. The van der Waals surface area contributed by atoms with Crippen molar-refractivity contribution < 1.29 is 9.47 Å². The average Bonchev–Trinajstić information content (AvgIpc) is 3.15. The molecule has 5 nitrogen and oxygen atoms in total. The second kappa shape index (κ2) is 9.14. The number of nitrogens with zero attached hydrogens (tertiary/aromatic N) is 3. The summed E-state index contributed by atoms with van der Waals surface area (Å²) in [5.41, 5.74) is 1.09. The van der Waals surface area contributed by atoms with E-state index in [1.807, 2.05) is 30.3 Å². The van der Waals surface area contributed by atoms with Gasteiger partial charge in [0.25, 0.3) is 0 Å². The fourth-order valence-electron chi connectivity index (χ4n) is 3.43. The van der Waals surface area contributed by atoms with Gasteiger partial charge in [0, 0.05) is 39.3 Å². The minimum atomic E-state index is -0.135. The lowest BCUT2D eigenvalue weighted by Gasteiger charge is -2.37. The van der Waals surface area contributed by atoms with Crippen LogP contribution < -0.4 is 0 Å². The van der Waals surface area contributed by atoms with Gasteiger partial charge in [-0.3, -0.25) is 9.80 Å². The Bertz CT molecular complexity index is 517. The summed E-state index contributed by atoms with van der Waals surface area (Å²) in [6.45, 7) is 7.19. The maximum Gasteiger partial charge on any atom is 0.123 e. The summed E-state index contributed by atoms with van der Waals surface area (Å²) in [4.78, 5) is 4.70. The Morgan fingerprint density at radius 2 is 2.00 bits per heavy atom. The van der Waals surface area contributed by atoms with Gasteiger partial charge in [-0.25, -0.2) is 0 Å². The minimum Gasteiger partial charge on any atom is -0.377 e. The molecule has 24 heavy (non-hydrogen) atoms. The van der Waals surface area contributed by atoms with Crippen LogP contribution in [0, 0.1) is 11.3 Å². The second-order valence-corrected chi connectivity index (χ2v) is 6.53. The van der Waals surface area contributed by atoms with Gasteiger partial charge in [-0.1, -0.05) is 30.3 Å². The highest BCUT2D eigenvalue weighted by molar-refractivity contribution is 5.24. The molecule has 130 valence electrons. The molecule has 0 aliphatic carbocycles. The number of piperazine rings is 1. The smallest absolute Gasteiger partial charge is 0.123 e. The number of ether oxygens (including phenoxy) is 2. The molecule has 1 aromatic carbocycles. The predicted octanol–water partition coefficient (Wildman–Crippen LogP) is 2.06. The monoisotopic (exact) mass is 329 g/mol. The van der Waals surface area contributed by atoms with Crippen molar-refractivity contribution in [3.8, 4) is 6.07 Å². The lowest BCUT2D eigenvalue weighted by Crippen LogP contribution is -2.48. The van der Waals surface area contributed by atoms with E-state index in [9.17, 15) is 5.26 Å². The standard InChI is InChI=1S/C19H27N3O2/c20-15-19(17-5-2-1-3-6-17)22-10-8-21(9-11-22)12-14-23-16-18-7-4-13-24-18/h1-3,5-6,18-19H,4,7-14,16H2/t18-,19+/m0/s1. The second-order valence-electron chi connectivity index (χ2n) is 6.53. The fourth-order valence-corrected chi connectivity index (χ4v) is 3.43. The molecule has 2 heterocycles. The zero-order valence-corrected chi connectivity index (χ0v) is 14.3. The molecule has 2 aliphatic rings. The Morgan fingerprint density at radius 1 is 1.21 bits per heavy atom. The third kappa shape index (κ3) is 4.78. The number of hydrogen-bond acceptors (Lipinski definition) is 5. The van der Waals surface area contributed by atoms with Crippen molar-refractivity contribution in [1.29, 1.82) is 5.26 Å². The lowest BCUT2D eigenvalue weighted by molar-refractivity contribution is 0.00548. The highest BCUT2D eigenvalue weighted by Crippen LogP contribution is 2.21. The Kier molecular flexibility index (Phi) is 6.62. The highest BCUT2D eigenvalue weighted by Gasteiger charge is 2.24. The average molecular weight is 329 g/mol. The number of rotatable bonds is 7. The van der Waals surface area contributed by atoms with E-state index in [0.717, 1.165) is 70.9 Å². The summed E-state index contributed by atoms with van der Waals surface area (Å²) < 4.78 is 11.3. The summed E-state index contributed by atoms with van der Waals surface area (Å²) in [6, 6.07) is 12.4. The van der Waals surface area contributed by atoms with Crippen LogP contribution in [0.5, 0.6) is 0 Å². The molecule has 0 radical (unpaired) electrons. The van der Waals surface area contributed by atoms with E-state index in [0.29, 0.717) is 6.10 Å². The van der Waals surface area contributed by atoms with Crippen LogP contribution in [0.1, 0.15) is 24.4 Å². The Hall–Kier alpha value is -1.45. The quantitative estimate of drug-likeness (QED) is 0.717.